The Morgan fingerprint density at radius 3 is 2.23 bits per heavy atom. The number of methoxy groups -OCH3 is 1. The fourth-order valence-electron chi connectivity index (χ4n) is 3.77. The van der Waals surface area contributed by atoms with E-state index in [1.165, 1.54) is 11.8 Å². The quantitative estimate of drug-likeness (QED) is 0.434. The van der Waals surface area contributed by atoms with Crippen LogP contribution in [0.25, 0.3) is 0 Å². The van der Waals surface area contributed by atoms with Gasteiger partial charge in [0.25, 0.3) is 0 Å². The number of ether oxygens (including phenoxy) is 4. The van der Waals surface area contributed by atoms with Crippen molar-refractivity contribution in [1.82, 2.24) is 0 Å². The highest BCUT2D eigenvalue weighted by molar-refractivity contribution is 7.99. The Kier molecular flexibility index (Phi) is 8.79. The second-order valence-electron chi connectivity index (χ2n) is 8.01. The average molecular weight is 497 g/mol. The molecule has 8 heteroatoms. The zero-order chi connectivity index (χ0) is 24.6. The SMILES string of the molecule is COc1ccc(CO[C@H]2[C@H](O)[C@@H](CO)O[C@@H](Sc3ccccc3)[C@@H]2OC(=O)c2ccccc2)cc1. The highest BCUT2D eigenvalue weighted by atomic mass is 32.2. The van der Waals surface area contributed by atoms with Crippen LogP contribution in [0.4, 0.5) is 0 Å². The van der Waals surface area contributed by atoms with Crippen LogP contribution >= 0.6 is 11.8 Å². The summed E-state index contributed by atoms with van der Waals surface area (Å²) in [4.78, 5) is 13.9. The third-order valence-corrected chi connectivity index (χ3v) is 6.80. The zero-order valence-electron chi connectivity index (χ0n) is 19.2. The van der Waals surface area contributed by atoms with E-state index in [9.17, 15) is 15.0 Å². The summed E-state index contributed by atoms with van der Waals surface area (Å²) in [7, 11) is 1.59. The van der Waals surface area contributed by atoms with Gasteiger partial charge in [-0.2, -0.15) is 0 Å². The molecule has 0 bridgehead atoms. The van der Waals surface area contributed by atoms with Gasteiger partial charge in [0.1, 0.15) is 29.5 Å². The first-order valence-corrected chi connectivity index (χ1v) is 12.1. The summed E-state index contributed by atoms with van der Waals surface area (Å²) in [5, 5.41) is 20.9. The van der Waals surface area contributed by atoms with Crippen molar-refractivity contribution in [1.29, 1.82) is 0 Å². The number of aliphatic hydroxyl groups is 2. The second kappa shape index (κ2) is 12.2. The number of rotatable bonds is 9. The summed E-state index contributed by atoms with van der Waals surface area (Å²) in [6, 6.07) is 25.5. The highest BCUT2D eigenvalue weighted by Crippen LogP contribution is 2.36. The molecule has 4 rings (SSSR count). The third kappa shape index (κ3) is 6.42. The summed E-state index contributed by atoms with van der Waals surface area (Å²) in [5.74, 6) is 0.166. The molecule has 0 aliphatic carbocycles. The summed E-state index contributed by atoms with van der Waals surface area (Å²) < 4.78 is 23.2. The Hall–Kier alpha value is -2.88. The molecule has 0 radical (unpaired) electrons. The summed E-state index contributed by atoms with van der Waals surface area (Å²) in [6.07, 6.45) is -3.98. The van der Waals surface area contributed by atoms with Gasteiger partial charge in [-0.15, -0.1) is 0 Å². The smallest absolute Gasteiger partial charge is 0.338 e. The normalized spacial score (nSPS) is 24.0. The Labute approximate surface area is 208 Å². The van der Waals surface area contributed by atoms with Gasteiger partial charge in [-0.05, 0) is 42.0 Å². The average Bonchev–Trinajstić information content (AvgIpc) is 2.91. The van der Waals surface area contributed by atoms with Crippen LogP contribution in [0.3, 0.4) is 0 Å². The summed E-state index contributed by atoms with van der Waals surface area (Å²) in [6.45, 7) is -0.249. The minimum Gasteiger partial charge on any atom is -0.497 e. The number of thioether (sulfide) groups is 1. The van der Waals surface area contributed by atoms with Crippen LogP contribution in [0.1, 0.15) is 15.9 Å². The first-order valence-electron chi connectivity index (χ1n) is 11.3. The molecule has 0 spiro atoms. The van der Waals surface area contributed by atoms with Gasteiger partial charge in [0, 0.05) is 4.90 Å². The topological polar surface area (TPSA) is 94.5 Å². The number of esters is 1. The lowest BCUT2D eigenvalue weighted by atomic mass is 9.99. The molecular weight excluding hydrogens is 468 g/mol. The van der Waals surface area contributed by atoms with E-state index in [0.717, 1.165) is 10.5 Å². The molecule has 1 fully saturated rings. The predicted molar refractivity (Wildman–Crippen MR) is 131 cm³/mol. The van der Waals surface area contributed by atoms with E-state index < -0.39 is 42.4 Å². The molecule has 0 saturated carbocycles. The maximum absolute atomic E-state index is 13.0. The van der Waals surface area contributed by atoms with Crippen LogP contribution in [0.15, 0.2) is 89.8 Å². The van der Waals surface area contributed by atoms with E-state index in [-0.39, 0.29) is 6.61 Å². The van der Waals surface area contributed by atoms with Crippen LogP contribution in [-0.2, 0) is 20.8 Å². The lowest BCUT2D eigenvalue weighted by Gasteiger charge is -2.43. The van der Waals surface area contributed by atoms with Crippen molar-refractivity contribution in [2.24, 2.45) is 0 Å². The zero-order valence-corrected chi connectivity index (χ0v) is 20.0. The Balaban J connectivity index is 1.60. The van der Waals surface area contributed by atoms with Gasteiger partial charge in [-0.1, -0.05) is 60.3 Å². The van der Waals surface area contributed by atoms with Gasteiger partial charge in [-0.3, -0.25) is 0 Å². The van der Waals surface area contributed by atoms with E-state index >= 15 is 0 Å². The first kappa shape index (κ1) is 25.2. The van der Waals surface area contributed by atoms with Crippen molar-refractivity contribution in [3.63, 3.8) is 0 Å². The van der Waals surface area contributed by atoms with Crippen LogP contribution in [0.2, 0.25) is 0 Å². The molecule has 35 heavy (non-hydrogen) atoms. The van der Waals surface area contributed by atoms with Crippen molar-refractivity contribution in [2.45, 2.75) is 41.4 Å². The fourth-order valence-corrected chi connectivity index (χ4v) is 4.89. The lowest BCUT2D eigenvalue weighted by Crippen LogP contribution is -2.59. The monoisotopic (exact) mass is 496 g/mol. The molecule has 1 aliphatic heterocycles. The molecule has 0 unspecified atom stereocenters. The molecule has 2 N–H and O–H groups in total. The van der Waals surface area contributed by atoms with Crippen LogP contribution in [-0.4, -0.2) is 59.8 Å². The minimum atomic E-state index is -1.21. The lowest BCUT2D eigenvalue weighted by molar-refractivity contribution is -0.223. The molecule has 0 amide bonds. The number of carbonyl (C=O) groups excluding carboxylic acids is 1. The molecular formula is C27H28O7S. The fraction of sp³-hybridized carbons (Fsp3) is 0.296. The van der Waals surface area contributed by atoms with Gasteiger partial charge in [0.05, 0.1) is 25.9 Å². The number of hydrogen-bond acceptors (Lipinski definition) is 8. The van der Waals surface area contributed by atoms with Crippen molar-refractivity contribution < 1.29 is 34.0 Å². The molecule has 3 aromatic carbocycles. The molecule has 7 nitrogen and oxygen atoms in total. The predicted octanol–water partition coefficient (Wildman–Crippen LogP) is 3.68. The number of carbonyl (C=O) groups is 1. The van der Waals surface area contributed by atoms with Crippen molar-refractivity contribution in [3.05, 3.63) is 96.1 Å². The summed E-state index contributed by atoms with van der Waals surface area (Å²) >= 11 is 1.34. The van der Waals surface area contributed by atoms with Crippen molar-refractivity contribution in [2.75, 3.05) is 13.7 Å². The number of aliphatic hydroxyl groups excluding tert-OH is 2. The minimum absolute atomic E-state index is 0.159. The van der Waals surface area contributed by atoms with E-state index in [1.807, 2.05) is 60.7 Å². The molecule has 1 aliphatic rings. The number of hydrogen-bond donors (Lipinski definition) is 2. The standard InChI is InChI=1S/C27H28O7S/c1-31-20-14-12-18(13-15-20)17-32-24-23(29)22(16-28)33-27(35-21-10-6-3-7-11-21)25(24)34-26(30)19-8-4-2-5-9-19/h2-15,22-25,27-29H,16-17H2,1H3/t22-,23-,24+,25-,27+/m1/s1. The molecule has 1 heterocycles. The summed E-state index contributed by atoms with van der Waals surface area (Å²) in [5.41, 5.74) is 0.514. The van der Waals surface area contributed by atoms with Crippen LogP contribution < -0.4 is 4.74 Å². The number of benzene rings is 3. The van der Waals surface area contributed by atoms with E-state index in [1.54, 1.807) is 31.4 Å². The van der Waals surface area contributed by atoms with Crippen LogP contribution in [0, 0.1) is 0 Å². The third-order valence-electron chi connectivity index (χ3n) is 5.65. The molecule has 0 aromatic heterocycles. The van der Waals surface area contributed by atoms with Gasteiger partial charge >= 0.3 is 5.97 Å². The largest absolute Gasteiger partial charge is 0.497 e. The maximum atomic E-state index is 13.0. The molecule has 1 saturated heterocycles. The Morgan fingerprint density at radius 2 is 1.60 bits per heavy atom. The Bertz CT molecular complexity index is 1060. The van der Waals surface area contributed by atoms with E-state index in [2.05, 4.69) is 0 Å². The molecule has 3 aromatic rings. The van der Waals surface area contributed by atoms with Crippen molar-refractivity contribution in [3.8, 4) is 5.75 Å². The molecule has 5 atom stereocenters. The Morgan fingerprint density at radius 1 is 0.943 bits per heavy atom. The van der Waals surface area contributed by atoms with Gasteiger partial charge in [0.2, 0.25) is 0 Å². The van der Waals surface area contributed by atoms with Gasteiger partial charge < -0.3 is 29.2 Å². The maximum Gasteiger partial charge on any atom is 0.338 e. The van der Waals surface area contributed by atoms with Gasteiger partial charge in [0.15, 0.2) is 6.10 Å². The van der Waals surface area contributed by atoms with Crippen LogP contribution in [0.5, 0.6) is 5.75 Å². The van der Waals surface area contributed by atoms with Gasteiger partial charge in [-0.25, -0.2) is 4.79 Å². The van der Waals surface area contributed by atoms with Crippen molar-refractivity contribution >= 4 is 17.7 Å². The second-order valence-corrected chi connectivity index (χ2v) is 9.18. The molecule has 184 valence electrons. The highest BCUT2D eigenvalue weighted by Gasteiger charge is 2.48. The van der Waals surface area contributed by atoms with E-state index in [4.69, 9.17) is 18.9 Å². The van der Waals surface area contributed by atoms with E-state index in [0.29, 0.717) is 11.3 Å². The first-order chi connectivity index (χ1) is 17.1.